The molecule has 1 N–H and O–H groups in total. The van der Waals surface area contributed by atoms with Gasteiger partial charge in [0.2, 0.25) is 0 Å². The number of amides is 1. The maximum Gasteiger partial charge on any atom is 0.296 e. The Morgan fingerprint density at radius 1 is 1.55 bits per heavy atom. The molecule has 1 aliphatic rings. The Balaban J connectivity index is 2.01. The number of hydrogen-bond acceptors (Lipinski definition) is 4. The number of aryl methyl sites for hydroxylation is 1. The Hall–Kier alpha value is -2.09. The molecule has 2 rings (SSSR count). The van der Waals surface area contributed by atoms with Gasteiger partial charge in [0.1, 0.15) is 12.1 Å². The van der Waals surface area contributed by atoms with Gasteiger partial charge >= 0.3 is 0 Å². The van der Waals surface area contributed by atoms with Crippen LogP contribution in [0, 0.1) is 11.8 Å². The molecule has 0 aliphatic carbocycles. The summed E-state index contributed by atoms with van der Waals surface area (Å²) in [5, 5.41) is 2.95. The number of rotatable bonds is 3. The van der Waals surface area contributed by atoms with Crippen LogP contribution in [-0.2, 0) is 11.2 Å². The first-order valence-electron chi connectivity index (χ1n) is 7.02. The van der Waals surface area contributed by atoms with Crippen molar-refractivity contribution in [2.24, 2.45) is 0 Å². The highest BCUT2D eigenvalue weighted by Crippen LogP contribution is 2.18. The molecule has 0 radical (unpaired) electrons. The van der Waals surface area contributed by atoms with Crippen molar-refractivity contribution in [3.8, 4) is 11.8 Å². The van der Waals surface area contributed by atoms with E-state index in [1.54, 1.807) is 13.3 Å². The van der Waals surface area contributed by atoms with E-state index in [9.17, 15) is 4.79 Å². The van der Waals surface area contributed by atoms with Crippen LogP contribution in [0.5, 0.6) is 0 Å². The molecular formula is C15H20N4O. The summed E-state index contributed by atoms with van der Waals surface area (Å²) < 4.78 is 0. The number of carbonyl (C=O) groups excluding carboxylic acids is 1. The Kier molecular flexibility index (Phi) is 4.94. The fraction of sp³-hybridized carbons (Fsp3) is 0.533. The van der Waals surface area contributed by atoms with Crippen LogP contribution < -0.4 is 10.2 Å². The molecule has 1 amide bonds. The van der Waals surface area contributed by atoms with Gasteiger partial charge in [-0.2, -0.15) is 0 Å². The van der Waals surface area contributed by atoms with Gasteiger partial charge in [0.15, 0.2) is 0 Å². The molecule has 0 unspecified atom stereocenters. The number of nitrogens with zero attached hydrogens (tertiary/aromatic N) is 3. The van der Waals surface area contributed by atoms with Gasteiger partial charge in [-0.15, -0.1) is 0 Å². The molecule has 2 heterocycles. The zero-order valence-electron chi connectivity index (χ0n) is 12.0. The number of carbonyl (C=O) groups is 1. The Morgan fingerprint density at radius 2 is 2.40 bits per heavy atom. The lowest BCUT2D eigenvalue weighted by molar-refractivity contribution is -0.116. The van der Waals surface area contributed by atoms with Crippen molar-refractivity contribution in [2.75, 3.05) is 18.0 Å². The highest BCUT2D eigenvalue weighted by Gasteiger charge is 2.22. The van der Waals surface area contributed by atoms with Crippen LogP contribution in [0.25, 0.3) is 0 Å². The molecule has 1 aromatic rings. The van der Waals surface area contributed by atoms with E-state index < -0.39 is 0 Å². The highest BCUT2D eigenvalue weighted by atomic mass is 16.1. The lowest BCUT2D eigenvalue weighted by atomic mass is 10.1. The minimum Gasteiger partial charge on any atom is -0.354 e. The minimum absolute atomic E-state index is 0.136. The van der Waals surface area contributed by atoms with Crippen molar-refractivity contribution < 1.29 is 4.79 Å². The topological polar surface area (TPSA) is 58.1 Å². The van der Waals surface area contributed by atoms with E-state index in [2.05, 4.69) is 38.9 Å². The van der Waals surface area contributed by atoms with Gasteiger partial charge in [0.25, 0.3) is 5.91 Å². The molecule has 5 nitrogen and oxygen atoms in total. The largest absolute Gasteiger partial charge is 0.354 e. The standard InChI is InChI=1S/C15H20N4O/c1-3-6-15(20)18-13-7-5-8-19(10-13)14-9-12(4-2)16-11-17-14/h9,11,13H,4-5,7-8,10H2,1-2H3,(H,18,20)/t13-/m0/s1. The maximum atomic E-state index is 11.5. The van der Waals surface area contributed by atoms with Crippen molar-refractivity contribution in [3.05, 3.63) is 18.1 Å². The second kappa shape index (κ2) is 6.90. The van der Waals surface area contributed by atoms with Gasteiger partial charge < -0.3 is 10.2 Å². The van der Waals surface area contributed by atoms with Crippen LogP contribution >= 0.6 is 0 Å². The highest BCUT2D eigenvalue weighted by molar-refractivity contribution is 5.93. The van der Waals surface area contributed by atoms with E-state index in [0.717, 1.165) is 43.9 Å². The number of piperidine rings is 1. The summed E-state index contributed by atoms with van der Waals surface area (Å²) in [6.45, 7) is 5.48. The normalized spacial score (nSPS) is 18.1. The summed E-state index contributed by atoms with van der Waals surface area (Å²) >= 11 is 0. The zero-order valence-corrected chi connectivity index (χ0v) is 12.0. The third kappa shape index (κ3) is 3.70. The fourth-order valence-corrected chi connectivity index (χ4v) is 2.39. The molecule has 106 valence electrons. The summed E-state index contributed by atoms with van der Waals surface area (Å²) in [4.78, 5) is 22.3. The van der Waals surface area contributed by atoms with Crippen LogP contribution in [0.3, 0.4) is 0 Å². The second-order valence-electron chi connectivity index (χ2n) is 4.85. The SMILES string of the molecule is CC#CC(=O)N[C@H]1CCCN(c2cc(CC)ncn2)C1. The van der Waals surface area contributed by atoms with Crippen LogP contribution in [0.15, 0.2) is 12.4 Å². The fourth-order valence-electron chi connectivity index (χ4n) is 2.39. The van der Waals surface area contributed by atoms with E-state index >= 15 is 0 Å². The first kappa shape index (κ1) is 14.3. The van der Waals surface area contributed by atoms with E-state index in [-0.39, 0.29) is 11.9 Å². The average Bonchev–Trinajstić information content (AvgIpc) is 2.48. The molecule has 1 fully saturated rings. The predicted molar refractivity (Wildman–Crippen MR) is 78.2 cm³/mol. The third-order valence-electron chi connectivity index (χ3n) is 3.39. The van der Waals surface area contributed by atoms with E-state index in [1.807, 2.05) is 6.07 Å². The van der Waals surface area contributed by atoms with Crippen molar-refractivity contribution in [1.82, 2.24) is 15.3 Å². The maximum absolute atomic E-state index is 11.5. The summed E-state index contributed by atoms with van der Waals surface area (Å²) in [6, 6.07) is 2.16. The summed E-state index contributed by atoms with van der Waals surface area (Å²) in [5.74, 6) is 5.88. The van der Waals surface area contributed by atoms with E-state index in [0.29, 0.717) is 0 Å². The molecule has 1 atom stereocenters. The minimum atomic E-state index is -0.198. The van der Waals surface area contributed by atoms with Gasteiger partial charge in [0.05, 0.1) is 0 Å². The lowest BCUT2D eigenvalue weighted by Crippen LogP contribution is -2.47. The number of hydrogen-bond donors (Lipinski definition) is 1. The average molecular weight is 272 g/mol. The summed E-state index contributed by atoms with van der Waals surface area (Å²) in [7, 11) is 0. The van der Waals surface area contributed by atoms with Crippen molar-refractivity contribution >= 4 is 11.7 Å². The third-order valence-corrected chi connectivity index (χ3v) is 3.39. The second-order valence-corrected chi connectivity index (χ2v) is 4.85. The van der Waals surface area contributed by atoms with Crippen LogP contribution in [0.2, 0.25) is 0 Å². The number of anilines is 1. The number of nitrogens with one attached hydrogen (secondary N) is 1. The quantitative estimate of drug-likeness (QED) is 0.839. The van der Waals surface area contributed by atoms with Gasteiger partial charge in [-0.1, -0.05) is 12.8 Å². The van der Waals surface area contributed by atoms with Crippen molar-refractivity contribution in [2.45, 2.75) is 39.2 Å². The molecule has 0 spiro atoms. The van der Waals surface area contributed by atoms with Gasteiger partial charge in [-0.3, -0.25) is 4.79 Å². The first-order valence-corrected chi connectivity index (χ1v) is 7.02. The van der Waals surface area contributed by atoms with Gasteiger partial charge in [-0.25, -0.2) is 9.97 Å². The molecule has 1 aromatic heterocycles. The molecule has 0 bridgehead atoms. The smallest absolute Gasteiger partial charge is 0.296 e. The Labute approximate surface area is 119 Å². The molecule has 20 heavy (non-hydrogen) atoms. The monoisotopic (exact) mass is 272 g/mol. The predicted octanol–water partition coefficient (Wildman–Crippen LogP) is 1.15. The van der Waals surface area contributed by atoms with E-state index in [1.165, 1.54) is 0 Å². The van der Waals surface area contributed by atoms with Gasteiger partial charge in [-0.05, 0) is 32.1 Å². The zero-order chi connectivity index (χ0) is 14.4. The number of aromatic nitrogens is 2. The summed E-state index contributed by atoms with van der Waals surface area (Å²) in [5.41, 5.74) is 1.04. The van der Waals surface area contributed by atoms with Crippen LogP contribution in [-0.4, -0.2) is 35.0 Å². The molecule has 0 saturated carbocycles. The molecular weight excluding hydrogens is 252 g/mol. The molecule has 5 heteroatoms. The van der Waals surface area contributed by atoms with Crippen LogP contribution in [0.4, 0.5) is 5.82 Å². The Morgan fingerprint density at radius 3 is 3.15 bits per heavy atom. The molecule has 1 saturated heterocycles. The van der Waals surface area contributed by atoms with E-state index in [4.69, 9.17) is 0 Å². The van der Waals surface area contributed by atoms with Gasteiger partial charge in [0, 0.05) is 30.9 Å². The van der Waals surface area contributed by atoms with Crippen molar-refractivity contribution in [1.29, 1.82) is 0 Å². The summed E-state index contributed by atoms with van der Waals surface area (Å²) in [6.07, 6.45) is 4.53. The first-order chi connectivity index (χ1) is 9.72. The van der Waals surface area contributed by atoms with Crippen molar-refractivity contribution in [3.63, 3.8) is 0 Å². The van der Waals surface area contributed by atoms with Crippen LogP contribution in [0.1, 0.15) is 32.4 Å². The molecule has 1 aliphatic heterocycles. The lowest BCUT2D eigenvalue weighted by Gasteiger charge is -2.33. The Bertz CT molecular complexity index is 532. The molecule has 0 aromatic carbocycles.